The normalized spacial score (nSPS) is 28.5. The van der Waals surface area contributed by atoms with Gasteiger partial charge in [-0.25, -0.2) is 0 Å². The van der Waals surface area contributed by atoms with Gasteiger partial charge in [0.2, 0.25) is 5.91 Å². The number of carbonyl (C=O) groups is 1. The highest BCUT2D eigenvalue weighted by Crippen LogP contribution is 2.17. The highest BCUT2D eigenvalue weighted by Gasteiger charge is 2.23. The Labute approximate surface area is 91.2 Å². The summed E-state index contributed by atoms with van der Waals surface area (Å²) in [6.45, 7) is 2.38. The van der Waals surface area contributed by atoms with Crippen molar-refractivity contribution in [2.75, 3.05) is 19.6 Å². The van der Waals surface area contributed by atoms with Gasteiger partial charge in [0.15, 0.2) is 0 Å². The van der Waals surface area contributed by atoms with Crippen LogP contribution in [0.4, 0.5) is 0 Å². The molecule has 1 heterocycles. The molecule has 4 nitrogen and oxygen atoms in total. The van der Waals surface area contributed by atoms with E-state index in [0.717, 1.165) is 32.4 Å². The van der Waals surface area contributed by atoms with Crippen molar-refractivity contribution in [2.24, 2.45) is 5.73 Å². The highest BCUT2D eigenvalue weighted by atomic mass is 16.2. The van der Waals surface area contributed by atoms with Gasteiger partial charge in [-0.1, -0.05) is 12.8 Å². The Balaban J connectivity index is 1.67. The van der Waals surface area contributed by atoms with Crippen molar-refractivity contribution in [3.8, 4) is 0 Å². The summed E-state index contributed by atoms with van der Waals surface area (Å²) in [5, 5.41) is 3.10. The molecule has 15 heavy (non-hydrogen) atoms. The van der Waals surface area contributed by atoms with Gasteiger partial charge in [0.05, 0.1) is 6.54 Å². The van der Waals surface area contributed by atoms with Gasteiger partial charge in [-0.15, -0.1) is 0 Å². The average Bonchev–Trinajstić information content (AvgIpc) is 2.77. The van der Waals surface area contributed by atoms with Gasteiger partial charge in [-0.05, 0) is 19.3 Å². The molecule has 1 saturated carbocycles. The number of nitrogens with two attached hydrogens (primary N) is 1. The third kappa shape index (κ3) is 3.18. The molecule has 0 aromatic rings. The first-order valence-corrected chi connectivity index (χ1v) is 6.01. The lowest BCUT2D eigenvalue weighted by atomic mass is 10.2. The average molecular weight is 211 g/mol. The van der Waals surface area contributed by atoms with Gasteiger partial charge in [-0.3, -0.25) is 9.69 Å². The van der Waals surface area contributed by atoms with Crippen LogP contribution in [0.15, 0.2) is 0 Å². The van der Waals surface area contributed by atoms with Crippen molar-refractivity contribution >= 4 is 5.91 Å². The number of hydrogen-bond acceptors (Lipinski definition) is 3. The lowest BCUT2D eigenvalue weighted by Crippen LogP contribution is -2.41. The van der Waals surface area contributed by atoms with Crippen molar-refractivity contribution in [3.05, 3.63) is 0 Å². The summed E-state index contributed by atoms with van der Waals surface area (Å²) in [5.74, 6) is 0.177. The summed E-state index contributed by atoms with van der Waals surface area (Å²) in [4.78, 5) is 13.8. The SMILES string of the molecule is N[C@@H]1CCN(CC(=O)NC2CCCC2)C1. The molecule has 2 rings (SSSR count). The van der Waals surface area contributed by atoms with Crippen molar-refractivity contribution < 1.29 is 4.79 Å². The fourth-order valence-corrected chi connectivity index (χ4v) is 2.55. The van der Waals surface area contributed by atoms with Gasteiger partial charge in [0.1, 0.15) is 0 Å². The Morgan fingerprint density at radius 1 is 1.33 bits per heavy atom. The smallest absolute Gasteiger partial charge is 0.234 e. The number of nitrogens with one attached hydrogen (secondary N) is 1. The molecule has 86 valence electrons. The molecule has 2 fully saturated rings. The Hall–Kier alpha value is -0.610. The molecule has 0 aromatic heterocycles. The zero-order valence-corrected chi connectivity index (χ0v) is 9.24. The molecular formula is C11H21N3O. The van der Waals surface area contributed by atoms with Gasteiger partial charge < -0.3 is 11.1 Å². The maximum atomic E-state index is 11.7. The van der Waals surface area contributed by atoms with Crippen molar-refractivity contribution in [2.45, 2.75) is 44.2 Å². The fourth-order valence-electron chi connectivity index (χ4n) is 2.55. The van der Waals surface area contributed by atoms with Crippen LogP contribution in [0.3, 0.4) is 0 Å². The molecule has 1 aliphatic carbocycles. The van der Waals surface area contributed by atoms with E-state index in [1.54, 1.807) is 0 Å². The second kappa shape index (κ2) is 4.94. The zero-order chi connectivity index (χ0) is 10.7. The van der Waals surface area contributed by atoms with Crippen LogP contribution >= 0.6 is 0 Å². The second-order valence-electron chi connectivity index (χ2n) is 4.83. The summed E-state index contributed by atoms with van der Waals surface area (Å²) in [6, 6.07) is 0.707. The van der Waals surface area contributed by atoms with Crippen molar-refractivity contribution in [1.82, 2.24) is 10.2 Å². The number of hydrogen-bond donors (Lipinski definition) is 2. The van der Waals surface area contributed by atoms with Gasteiger partial charge in [0.25, 0.3) is 0 Å². The topological polar surface area (TPSA) is 58.4 Å². The summed E-state index contributed by atoms with van der Waals surface area (Å²) in [5.41, 5.74) is 5.79. The standard InChI is InChI=1S/C11H21N3O/c12-9-5-6-14(7-9)8-11(15)13-10-3-1-2-4-10/h9-10H,1-8,12H2,(H,13,15)/t9-/m1/s1. The van der Waals surface area contributed by atoms with Crippen LogP contribution < -0.4 is 11.1 Å². The van der Waals surface area contributed by atoms with E-state index in [0.29, 0.717) is 12.6 Å². The summed E-state index contributed by atoms with van der Waals surface area (Å²) in [7, 11) is 0. The van der Waals surface area contributed by atoms with E-state index in [9.17, 15) is 4.79 Å². The monoisotopic (exact) mass is 211 g/mol. The second-order valence-corrected chi connectivity index (χ2v) is 4.83. The number of rotatable bonds is 3. The van der Waals surface area contributed by atoms with Gasteiger partial charge >= 0.3 is 0 Å². The van der Waals surface area contributed by atoms with Crippen LogP contribution in [0, 0.1) is 0 Å². The van der Waals surface area contributed by atoms with E-state index in [1.807, 2.05) is 0 Å². The van der Waals surface area contributed by atoms with Crippen LogP contribution in [0.5, 0.6) is 0 Å². The van der Waals surface area contributed by atoms with E-state index in [-0.39, 0.29) is 11.9 Å². The van der Waals surface area contributed by atoms with E-state index in [2.05, 4.69) is 10.2 Å². The van der Waals surface area contributed by atoms with E-state index < -0.39 is 0 Å². The molecule has 0 bridgehead atoms. The van der Waals surface area contributed by atoms with Crippen LogP contribution in [0.2, 0.25) is 0 Å². The molecule has 1 atom stereocenters. The molecule has 0 spiro atoms. The molecule has 0 radical (unpaired) electrons. The van der Waals surface area contributed by atoms with E-state index >= 15 is 0 Å². The largest absolute Gasteiger partial charge is 0.352 e. The first-order valence-electron chi connectivity index (χ1n) is 6.01. The van der Waals surface area contributed by atoms with Gasteiger partial charge in [0, 0.05) is 25.2 Å². The highest BCUT2D eigenvalue weighted by molar-refractivity contribution is 5.78. The third-order valence-corrected chi connectivity index (χ3v) is 3.40. The minimum absolute atomic E-state index is 0.177. The molecular weight excluding hydrogens is 190 g/mol. The Morgan fingerprint density at radius 3 is 2.67 bits per heavy atom. The molecule has 1 saturated heterocycles. The molecule has 4 heteroatoms. The fraction of sp³-hybridized carbons (Fsp3) is 0.909. The Bertz CT molecular complexity index is 226. The Morgan fingerprint density at radius 2 is 2.07 bits per heavy atom. The van der Waals surface area contributed by atoms with Crippen LogP contribution in [0.25, 0.3) is 0 Å². The lowest BCUT2D eigenvalue weighted by Gasteiger charge is -2.17. The first kappa shape index (κ1) is 10.9. The molecule has 0 unspecified atom stereocenters. The molecule has 3 N–H and O–H groups in total. The lowest BCUT2D eigenvalue weighted by molar-refractivity contribution is -0.122. The summed E-state index contributed by atoms with van der Waals surface area (Å²) >= 11 is 0. The minimum Gasteiger partial charge on any atom is -0.352 e. The van der Waals surface area contributed by atoms with Crippen molar-refractivity contribution in [1.29, 1.82) is 0 Å². The predicted octanol–water partition coefficient (Wildman–Crippen LogP) is 0.0782. The number of nitrogens with zero attached hydrogens (tertiary/aromatic N) is 1. The molecule has 1 aliphatic heterocycles. The maximum Gasteiger partial charge on any atom is 0.234 e. The quantitative estimate of drug-likeness (QED) is 0.695. The summed E-state index contributed by atoms with van der Waals surface area (Å²) in [6.07, 6.45) is 5.87. The van der Waals surface area contributed by atoms with Crippen molar-refractivity contribution in [3.63, 3.8) is 0 Å². The zero-order valence-electron chi connectivity index (χ0n) is 9.24. The first-order chi connectivity index (χ1) is 7.24. The summed E-state index contributed by atoms with van der Waals surface area (Å²) < 4.78 is 0. The number of likely N-dealkylation sites (tertiary alicyclic amines) is 1. The number of amides is 1. The predicted molar refractivity (Wildman–Crippen MR) is 59.4 cm³/mol. The number of carbonyl (C=O) groups excluding carboxylic acids is 1. The molecule has 0 aromatic carbocycles. The van der Waals surface area contributed by atoms with E-state index in [1.165, 1.54) is 12.8 Å². The van der Waals surface area contributed by atoms with Crippen LogP contribution in [-0.2, 0) is 4.79 Å². The van der Waals surface area contributed by atoms with Crippen LogP contribution in [0.1, 0.15) is 32.1 Å². The third-order valence-electron chi connectivity index (χ3n) is 3.40. The minimum atomic E-state index is 0.177. The van der Waals surface area contributed by atoms with E-state index in [4.69, 9.17) is 5.73 Å². The maximum absolute atomic E-state index is 11.7. The van der Waals surface area contributed by atoms with Gasteiger partial charge in [-0.2, -0.15) is 0 Å². The molecule has 2 aliphatic rings. The van der Waals surface area contributed by atoms with Crippen LogP contribution in [-0.4, -0.2) is 42.5 Å². The Kier molecular flexibility index (Phi) is 3.59. The molecule has 1 amide bonds.